The lowest BCUT2D eigenvalue weighted by molar-refractivity contribution is 0.00555. The van der Waals surface area contributed by atoms with Gasteiger partial charge in [-0.15, -0.1) is 0 Å². The minimum atomic E-state index is -0.849. The van der Waals surface area contributed by atoms with Crippen molar-refractivity contribution in [2.45, 2.75) is 52.7 Å². The molecule has 170 valence electrons. The van der Waals surface area contributed by atoms with Crippen molar-refractivity contribution in [3.63, 3.8) is 0 Å². The van der Waals surface area contributed by atoms with Crippen LogP contribution in [0.4, 0.5) is 0 Å². The Morgan fingerprint density at radius 2 is 1.16 bits per heavy atom. The van der Waals surface area contributed by atoms with Gasteiger partial charge in [-0.05, 0) is 59.7 Å². The van der Waals surface area contributed by atoms with Gasteiger partial charge in [-0.1, -0.05) is 24.3 Å². The lowest BCUT2D eigenvalue weighted by Gasteiger charge is -2.21. The van der Waals surface area contributed by atoms with Gasteiger partial charge in [0.15, 0.2) is 5.78 Å². The number of ether oxygens (including phenoxy) is 3. The van der Waals surface area contributed by atoms with E-state index >= 15 is 0 Å². The Kier molecular flexibility index (Phi) is 7.24. The van der Waals surface area contributed by atoms with E-state index in [-0.39, 0.29) is 27.8 Å². The zero-order valence-corrected chi connectivity index (χ0v) is 19.4. The fraction of sp³-hybridized carbons (Fsp3) is 0.360. The van der Waals surface area contributed by atoms with Crippen molar-refractivity contribution in [1.29, 1.82) is 0 Å². The van der Waals surface area contributed by atoms with Gasteiger partial charge in [0.2, 0.25) is 0 Å². The van der Waals surface area contributed by atoms with Crippen LogP contribution in [0.5, 0.6) is 0 Å². The molecule has 0 aliphatic heterocycles. The minimum Gasteiger partial charge on any atom is -0.465 e. The second-order valence-corrected chi connectivity index (χ2v) is 9.13. The Morgan fingerprint density at radius 1 is 0.656 bits per heavy atom. The zero-order chi connectivity index (χ0) is 24.3. The van der Waals surface area contributed by atoms with Crippen LogP contribution >= 0.6 is 0 Å². The molecule has 0 saturated heterocycles. The number of hydrogen-bond acceptors (Lipinski definition) is 7. The first kappa shape index (κ1) is 24.8. The molecule has 0 aromatic heterocycles. The number of esters is 3. The van der Waals surface area contributed by atoms with E-state index in [1.165, 1.54) is 36.4 Å². The first-order chi connectivity index (χ1) is 14.7. The van der Waals surface area contributed by atoms with Crippen LogP contribution in [0, 0.1) is 0 Å². The molecule has 0 saturated carbocycles. The van der Waals surface area contributed by atoms with Crippen LogP contribution in [-0.2, 0) is 14.2 Å². The molecule has 2 rings (SSSR count). The number of hydrogen-bond donors (Lipinski definition) is 0. The van der Waals surface area contributed by atoms with Crippen molar-refractivity contribution in [2.75, 3.05) is 7.11 Å². The second kappa shape index (κ2) is 9.34. The molecule has 0 aliphatic rings. The van der Waals surface area contributed by atoms with E-state index in [0.717, 1.165) is 7.11 Å². The molecule has 0 spiro atoms. The van der Waals surface area contributed by atoms with Crippen molar-refractivity contribution < 1.29 is 33.4 Å². The maximum atomic E-state index is 13.3. The van der Waals surface area contributed by atoms with E-state index in [2.05, 4.69) is 0 Å². The summed E-state index contributed by atoms with van der Waals surface area (Å²) < 4.78 is 15.6. The van der Waals surface area contributed by atoms with Crippen molar-refractivity contribution in [1.82, 2.24) is 0 Å². The summed E-state index contributed by atoms with van der Waals surface area (Å²) in [7, 11) is 1.16. The average Bonchev–Trinajstić information content (AvgIpc) is 2.69. The summed E-state index contributed by atoms with van der Waals surface area (Å²) in [5.41, 5.74) is -1.48. The predicted octanol–water partition coefficient (Wildman–Crippen LogP) is 4.61. The highest BCUT2D eigenvalue weighted by Crippen LogP contribution is 2.23. The molecule has 0 fully saturated rings. The van der Waals surface area contributed by atoms with Crippen LogP contribution < -0.4 is 0 Å². The number of rotatable bonds is 5. The molecule has 0 unspecified atom stereocenters. The van der Waals surface area contributed by atoms with Crippen LogP contribution in [-0.4, -0.2) is 42.0 Å². The van der Waals surface area contributed by atoms with Crippen LogP contribution in [0.3, 0.4) is 0 Å². The molecule has 2 aromatic rings. The maximum absolute atomic E-state index is 13.3. The predicted molar refractivity (Wildman–Crippen MR) is 118 cm³/mol. The molecule has 0 atom stereocenters. The minimum absolute atomic E-state index is 0.0402. The fourth-order valence-electron chi connectivity index (χ4n) is 2.85. The van der Waals surface area contributed by atoms with Crippen molar-refractivity contribution in [2.24, 2.45) is 0 Å². The molecule has 2 aromatic carbocycles. The Balaban J connectivity index is 2.54. The van der Waals surface area contributed by atoms with Crippen LogP contribution in [0.15, 0.2) is 42.5 Å². The summed E-state index contributed by atoms with van der Waals surface area (Å²) in [6, 6.07) is 10.3. The number of carbonyl (C=O) groups excluding carboxylic acids is 4. The summed E-state index contributed by atoms with van der Waals surface area (Å²) in [5.74, 6) is -2.74. The number of carbonyl (C=O) groups is 4. The third kappa shape index (κ3) is 6.26. The van der Waals surface area contributed by atoms with Gasteiger partial charge in [-0.25, -0.2) is 14.4 Å². The lowest BCUT2D eigenvalue weighted by Crippen LogP contribution is -2.26. The Bertz CT molecular complexity index is 1050. The van der Waals surface area contributed by atoms with Gasteiger partial charge in [0.25, 0.3) is 0 Å². The van der Waals surface area contributed by atoms with Crippen molar-refractivity contribution in [3.05, 3.63) is 70.3 Å². The van der Waals surface area contributed by atoms with Gasteiger partial charge < -0.3 is 14.2 Å². The molecule has 7 heteroatoms. The first-order valence-electron chi connectivity index (χ1n) is 10.1. The summed E-state index contributed by atoms with van der Waals surface area (Å²) in [6.45, 7) is 10.3. The van der Waals surface area contributed by atoms with Gasteiger partial charge >= 0.3 is 17.9 Å². The van der Waals surface area contributed by atoms with E-state index in [0.29, 0.717) is 0 Å². The SMILES string of the molecule is COC(=O)c1c(C(=O)OC(C)(C)C)cccc1C(=O)c1cccc(C(=O)OC(C)(C)C)c1. The maximum Gasteiger partial charge on any atom is 0.339 e. The van der Waals surface area contributed by atoms with E-state index in [1.807, 2.05) is 0 Å². The summed E-state index contributed by atoms with van der Waals surface area (Å²) in [6.07, 6.45) is 0. The molecule has 7 nitrogen and oxygen atoms in total. The molecular weight excluding hydrogens is 412 g/mol. The zero-order valence-electron chi connectivity index (χ0n) is 19.4. The quantitative estimate of drug-likeness (QED) is 0.380. The molecular formula is C25H28O7. The Labute approximate surface area is 187 Å². The molecule has 0 aliphatic carbocycles. The summed E-state index contributed by atoms with van der Waals surface area (Å²) >= 11 is 0. The molecule has 0 radical (unpaired) electrons. The molecule has 0 bridgehead atoms. The fourth-order valence-corrected chi connectivity index (χ4v) is 2.85. The molecule has 32 heavy (non-hydrogen) atoms. The van der Waals surface area contributed by atoms with E-state index in [9.17, 15) is 19.2 Å². The number of benzene rings is 2. The Hall–Kier alpha value is -3.48. The molecule has 0 amide bonds. The van der Waals surface area contributed by atoms with Crippen molar-refractivity contribution >= 4 is 23.7 Å². The third-order valence-corrected chi connectivity index (χ3v) is 4.08. The molecule has 0 N–H and O–H groups in total. The van der Waals surface area contributed by atoms with Crippen LogP contribution in [0.25, 0.3) is 0 Å². The van der Waals surface area contributed by atoms with E-state index in [1.54, 1.807) is 47.6 Å². The highest BCUT2D eigenvalue weighted by atomic mass is 16.6. The van der Waals surface area contributed by atoms with Gasteiger partial charge in [0.05, 0.1) is 23.8 Å². The standard InChI is InChI=1S/C25H28O7/c1-24(2,3)31-21(27)16-11-8-10-15(14-16)20(26)17-12-9-13-18(19(17)23(29)30-7)22(28)32-25(4,5)6/h8-14H,1-7H3. The smallest absolute Gasteiger partial charge is 0.339 e. The van der Waals surface area contributed by atoms with Gasteiger partial charge in [0, 0.05) is 11.1 Å². The average molecular weight is 440 g/mol. The highest BCUT2D eigenvalue weighted by Gasteiger charge is 2.29. The second-order valence-electron chi connectivity index (χ2n) is 9.13. The summed E-state index contributed by atoms with van der Waals surface area (Å²) in [5, 5.41) is 0. The van der Waals surface area contributed by atoms with Crippen molar-refractivity contribution in [3.8, 4) is 0 Å². The monoisotopic (exact) mass is 440 g/mol. The normalized spacial score (nSPS) is 11.5. The topological polar surface area (TPSA) is 96.0 Å². The van der Waals surface area contributed by atoms with Gasteiger partial charge in [0.1, 0.15) is 11.2 Å². The summed E-state index contributed by atoms with van der Waals surface area (Å²) in [4.78, 5) is 50.9. The van der Waals surface area contributed by atoms with Crippen LogP contribution in [0.1, 0.15) is 88.5 Å². The lowest BCUT2D eigenvalue weighted by atomic mass is 9.93. The molecule has 0 heterocycles. The van der Waals surface area contributed by atoms with Gasteiger partial charge in [-0.3, -0.25) is 4.79 Å². The number of methoxy groups -OCH3 is 1. The Morgan fingerprint density at radius 3 is 1.72 bits per heavy atom. The van der Waals surface area contributed by atoms with Crippen LogP contribution in [0.2, 0.25) is 0 Å². The highest BCUT2D eigenvalue weighted by molar-refractivity contribution is 6.18. The van der Waals surface area contributed by atoms with E-state index in [4.69, 9.17) is 14.2 Å². The van der Waals surface area contributed by atoms with Gasteiger partial charge in [-0.2, -0.15) is 0 Å². The number of ketones is 1. The first-order valence-corrected chi connectivity index (χ1v) is 10.1. The largest absolute Gasteiger partial charge is 0.465 e. The van der Waals surface area contributed by atoms with E-state index < -0.39 is 34.9 Å². The third-order valence-electron chi connectivity index (χ3n) is 4.08.